The summed E-state index contributed by atoms with van der Waals surface area (Å²) in [5.74, 6) is 0.104. The lowest BCUT2D eigenvalue weighted by Crippen LogP contribution is -1.94. The summed E-state index contributed by atoms with van der Waals surface area (Å²) in [6.45, 7) is 0. The van der Waals surface area contributed by atoms with Crippen LogP contribution < -0.4 is 5.43 Å². The molecule has 7 heteroatoms. The van der Waals surface area contributed by atoms with Gasteiger partial charge in [0.2, 0.25) is 0 Å². The highest BCUT2D eigenvalue weighted by molar-refractivity contribution is 6.31. The second-order valence-corrected chi connectivity index (χ2v) is 6.24. The molecule has 3 rings (SSSR count). The van der Waals surface area contributed by atoms with Gasteiger partial charge in [-0.05, 0) is 47.9 Å². The van der Waals surface area contributed by atoms with Crippen LogP contribution in [0.2, 0.25) is 5.02 Å². The number of nitrogens with one attached hydrogen (secondary N) is 1. The maximum atomic E-state index is 10.7. The van der Waals surface area contributed by atoms with Gasteiger partial charge in [-0.25, -0.2) is 0 Å². The Kier molecular flexibility index (Phi) is 5.68. The zero-order chi connectivity index (χ0) is 19.2. The fourth-order valence-electron chi connectivity index (χ4n) is 2.51. The lowest BCUT2D eigenvalue weighted by Gasteiger charge is -2.07. The number of hydrazone groups is 1. The lowest BCUT2D eigenvalue weighted by atomic mass is 10.0. The van der Waals surface area contributed by atoms with Gasteiger partial charge in [-0.1, -0.05) is 35.9 Å². The van der Waals surface area contributed by atoms with E-state index >= 15 is 0 Å². The first-order chi connectivity index (χ1) is 13.0. The number of anilines is 1. The zero-order valence-electron chi connectivity index (χ0n) is 14.2. The van der Waals surface area contributed by atoms with Crippen LogP contribution in [0.15, 0.2) is 71.8 Å². The molecule has 6 nitrogen and oxygen atoms in total. The van der Waals surface area contributed by atoms with Gasteiger partial charge in [0.05, 0.1) is 16.8 Å². The number of hydrogen-bond donors (Lipinski definition) is 2. The lowest BCUT2D eigenvalue weighted by molar-refractivity contribution is -0.384. The molecular weight excluding hydrogens is 366 g/mol. The van der Waals surface area contributed by atoms with E-state index in [0.717, 1.165) is 11.1 Å². The zero-order valence-corrected chi connectivity index (χ0v) is 14.9. The van der Waals surface area contributed by atoms with Crippen molar-refractivity contribution in [1.82, 2.24) is 0 Å². The number of aromatic hydroxyl groups is 1. The Bertz CT molecular complexity index is 988. The molecule has 0 fully saturated rings. The molecule has 0 heterocycles. The molecule has 0 saturated heterocycles. The van der Waals surface area contributed by atoms with Gasteiger partial charge in [0.1, 0.15) is 5.75 Å². The molecule has 136 valence electrons. The minimum Gasteiger partial charge on any atom is -0.507 e. The van der Waals surface area contributed by atoms with Gasteiger partial charge in [-0.15, -0.1) is 0 Å². The van der Waals surface area contributed by atoms with Gasteiger partial charge in [-0.3, -0.25) is 15.5 Å². The monoisotopic (exact) mass is 381 g/mol. The van der Waals surface area contributed by atoms with Crippen molar-refractivity contribution in [2.75, 3.05) is 5.43 Å². The third-order valence-corrected chi connectivity index (χ3v) is 4.29. The summed E-state index contributed by atoms with van der Waals surface area (Å²) in [5, 5.41) is 25.5. The first-order valence-corrected chi connectivity index (χ1v) is 8.49. The van der Waals surface area contributed by atoms with Crippen molar-refractivity contribution < 1.29 is 10.0 Å². The molecule has 0 aromatic heterocycles. The van der Waals surface area contributed by atoms with Crippen molar-refractivity contribution in [1.29, 1.82) is 0 Å². The van der Waals surface area contributed by atoms with Crippen LogP contribution in [0.1, 0.15) is 16.7 Å². The number of rotatable bonds is 6. The summed E-state index contributed by atoms with van der Waals surface area (Å²) in [7, 11) is 0. The van der Waals surface area contributed by atoms with E-state index in [-0.39, 0.29) is 11.4 Å². The molecule has 0 bridgehead atoms. The molecule has 0 aliphatic heterocycles. The molecule has 0 amide bonds. The number of halogens is 1. The molecule has 3 aromatic carbocycles. The fraction of sp³-hybridized carbons (Fsp3) is 0.0500. The Labute approximate surface area is 160 Å². The Morgan fingerprint density at radius 1 is 1.11 bits per heavy atom. The number of nitrogens with zero attached hydrogens (tertiary/aromatic N) is 2. The second-order valence-electron chi connectivity index (χ2n) is 5.84. The predicted molar refractivity (Wildman–Crippen MR) is 107 cm³/mol. The molecule has 27 heavy (non-hydrogen) atoms. The van der Waals surface area contributed by atoms with E-state index in [1.54, 1.807) is 18.2 Å². The average Bonchev–Trinajstić information content (AvgIpc) is 2.66. The van der Waals surface area contributed by atoms with Crippen LogP contribution >= 0.6 is 11.6 Å². The van der Waals surface area contributed by atoms with Crippen molar-refractivity contribution in [3.8, 4) is 5.75 Å². The highest BCUT2D eigenvalue weighted by Crippen LogP contribution is 2.22. The van der Waals surface area contributed by atoms with Gasteiger partial charge in [0.15, 0.2) is 0 Å². The Balaban J connectivity index is 1.71. The number of nitro groups is 1. The van der Waals surface area contributed by atoms with E-state index in [2.05, 4.69) is 10.5 Å². The topological polar surface area (TPSA) is 87.8 Å². The van der Waals surface area contributed by atoms with Gasteiger partial charge in [-0.2, -0.15) is 5.10 Å². The molecule has 0 aliphatic rings. The smallest absolute Gasteiger partial charge is 0.269 e. The van der Waals surface area contributed by atoms with E-state index in [9.17, 15) is 15.2 Å². The molecule has 0 saturated carbocycles. The summed E-state index contributed by atoms with van der Waals surface area (Å²) >= 11 is 6.20. The number of benzene rings is 3. The third kappa shape index (κ3) is 4.83. The summed E-state index contributed by atoms with van der Waals surface area (Å²) in [6, 6.07) is 18.8. The minimum absolute atomic E-state index is 0.00875. The summed E-state index contributed by atoms with van der Waals surface area (Å²) in [6.07, 6.45) is 2.13. The number of hydrogen-bond acceptors (Lipinski definition) is 5. The van der Waals surface area contributed by atoms with Crippen molar-refractivity contribution in [3.63, 3.8) is 0 Å². The molecule has 0 unspecified atom stereocenters. The Hall–Kier alpha value is -3.38. The number of phenols is 1. The van der Waals surface area contributed by atoms with E-state index in [4.69, 9.17) is 11.6 Å². The summed E-state index contributed by atoms with van der Waals surface area (Å²) < 4.78 is 0. The highest BCUT2D eigenvalue weighted by atomic mass is 35.5. The number of nitro benzene ring substituents is 1. The summed E-state index contributed by atoms with van der Waals surface area (Å²) in [4.78, 5) is 10.2. The maximum Gasteiger partial charge on any atom is 0.269 e. The second kappa shape index (κ2) is 8.33. The first-order valence-electron chi connectivity index (χ1n) is 8.12. The van der Waals surface area contributed by atoms with Gasteiger partial charge in [0, 0.05) is 22.7 Å². The van der Waals surface area contributed by atoms with Crippen LogP contribution in [0.3, 0.4) is 0 Å². The predicted octanol–water partition coefficient (Wildman–Crippen LogP) is 4.99. The van der Waals surface area contributed by atoms with Crippen LogP contribution in [-0.4, -0.2) is 16.2 Å². The van der Waals surface area contributed by atoms with E-state index < -0.39 is 4.92 Å². The average molecular weight is 382 g/mol. The number of phenolic OH excluding ortho intramolecular Hbond substituents is 1. The quantitative estimate of drug-likeness (QED) is 0.357. The van der Waals surface area contributed by atoms with Crippen LogP contribution in [-0.2, 0) is 6.42 Å². The SMILES string of the molecule is O=[N+]([O-])c1ccc(NN=Cc2cc(Cc3ccccc3Cl)ccc2O)cc1. The minimum atomic E-state index is -0.463. The van der Waals surface area contributed by atoms with Gasteiger partial charge >= 0.3 is 0 Å². The molecule has 0 spiro atoms. The fourth-order valence-corrected chi connectivity index (χ4v) is 2.72. The van der Waals surface area contributed by atoms with Crippen LogP contribution in [0, 0.1) is 10.1 Å². The number of non-ortho nitro benzene ring substituents is 1. The first kappa shape index (κ1) is 18.4. The normalized spacial score (nSPS) is 10.9. The van der Waals surface area contributed by atoms with Gasteiger partial charge < -0.3 is 5.11 Å². The van der Waals surface area contributed by atoms with Crippen LogP contribution in [0.5, 0.6) is 5.75 Å². The third-order valence-electron chi connectivity index (χ3n) is 3.92. The summed E-state index contributed by atoms with van der Waals surface area (Å²) in [5.41, 5.74) is 5.92. The van der Waals surface area contributed by atoms with Crippen LogP contribution in [0.25, 0.3) is 0 Å². The van der Waals surface area contributed by atoms with E-state index in [1.807, 2.05) is 36.4 Å². The highest BCUT2D eigenvalue weighted by Gasteiger charge is 2.05. The molecular formula is C20H16ClN3O3. The molecule has 3 aromatic rings. The van der Waals surface area contributed by atoms with Crippen molar-refractivity contribution in [2.45, 2.75) is 6.42 Å². The van der Waals surface area contributed by atoms with E-state index in [1.165, 1.54) is 18.3 Å². The Morgan fingerprint density at radius 2 is 1.85 bits per heavy atom. The Morgan fingerprint density at radius 3 is 2.56 bits per heavy atom. The standard InChI is InChI=1S/C20H16ClN3O3/c21-19-4-2-1-3-15(19)11-14-5-10-20(25)16(12-14)13-22-23-17-6-8-18(9-7-17)24(26)27/h1-10,12-13,23,25H,11H2. The van der Waals surface area contributed by atoms with Crippen molar-refractivity contribution in [2.24, 2.45) is 5.10 Å². The molecule has 0 radical (unpaired) electrons. The molecule has 0 atom stereocenters. The largest absolute Gasteiger partial charge is 0.507 e. The molecule has 2 N–H and O–H groups in total. The maximum absolute atomic E-state index is 10.7. The van der Waals surface area contributed by atoms with Crippen molar-refractivity contribution in [3.05, 3.63) is 98.6 Å². The van der Waals surface area contributed by atoms with Crippen molar-refractivity contribution >= 4 is 29.2 Å². The van der Waals surface area contributed by atoms with Crippen LogP contribution in [0.4, 0.5) is 11.4 Å². The van der Waals surface area contributed by atoms with Gasteiger partial charge in [0.25, 0.3) is 5.69 Å². The molecule has 0 aliphatic carbocycles. The van der Waals surface area contributed by atoms with E-state index in [0.29, 0.717) is 22.7 Å².